The first-order valence-electron chi connectivity index (χ1n) is 4.40. The van der Waals surface area contributed by atoms with Crippen molar-refractivity contribution >= 4 is 0 Å². The molecule has 0 saturated heterocycles. The van der Waals surface area contributed by atoms with Crippen LogP contribution in [0.2, 0.25) is 0 Å². The second kappa shape index (κ2) is 3.54. The minimum absolute atomic E-state index is 0.891. The molecule has 1 aromatic heterocycles. The highest BCUT2D eigenvalue weighted by atomic mass is 16.5. The molecule has 0 spiro atoms. The van der Waals surface area contributed by atoms with Crippen molar-refractivity contribution in [1.29, 1.82) is 0 Å². The van der Waals surface area contributed by atoms with Gasteiger partial charge in [0.05, 0.1) is 7.11 Å². The number of hydrogen-bond donors (Lipinski definition) is 0. The van der Waals surface area contributed by atoms with Gasteiger partial charge in [0, 0.05) is 11.8 Å². The number of rotatable bonds is 2. The molecule has 0 N–H and O–H groups in total. The van der Waals surface area contributed by atoms with E-state index in [-0.39, 0.29) is 0 Å². The largest absolute Gasteiger partial charge is 0.581 e. The molecular formula is C11H11N2O-. The summed E-state index contributed by atoms with van der Waals surface area (Å²) in [5.41, 5.74) is 3.15. The van der Waals surface area contributed by atoms with E-state index in [1.165, 1.54) is 0 Å². The van der Waals surface area contributed by atoms with Crippen molar-refractivity contribution in [1.82, 2.24) is 10.2 Å². The Labute approximate surface area is 82.7 Å². The van der Waals surface area contributed by atoms with Crippen molar-refractivity contribution < 1.29 is 4.74 Å². The van der Waals surface area contributed by atoms with Crippen LogP contribution < -0.4 is 9.84 Å². The Morgan fingerprint density at radius 2 is 2.21 bits per heavy atom. The molecule has 3 heteroatoms. The number of methoxy groups -OCH3 is 1. The van der Waals surface area contributed by atoms with Crippen LogP contribution in [0.1, 0.15) is 5.56 Å². The highest BCUT2D eigenvalue weighted by Crippen LogP contribution is 2.31. The summed E-state index contributed by atoms with van der Waals surface area (Å²) >= 11 is 0. The topological polar surface area (TPSA) is 36.2 Å². The lowest BCUT2D eigenvalue weighted by Gasteiger charge is -2.10. The van der Waals surface area contributed by atoms with Gasteiger partial charge in [-0.05, 0) is 18.1 Å². The average Bonchev–Trinajstić information content (AvgIpc) is 2.70. The summed E-state index contributed by atoms with van der Waals surface area (Å²) in [5, 5.41) is 7.60. The Bertz CT molecular complexity index is 421. The van der Waals surface area contributed by atoms with Crippen molar-refractivity contribution in [3.05, 3.63) is 36.2 Å². The molecule has 0 atom stereocenters. The average molecular weight is 187 g/mol. The fourth-order valence-corrected chi connectivity index (χ4v) is 1.51. The lowest BCUT2D eigenvalue weighted by atomic mass is 10.1. The zero-order chi connectivity index (χ0) is 9.97. The molecule has 1 heterocycles. The fourth-order valence-electron chi connectivity index (χ4n) is 1.51. The van der Waals surface area contributed by atoms with E-state index < -0.39 is 0 Å². The number of ether oxygens (including phenoxy) is 1. The van der Waals surface area contributed by atoms with Gasteiger partial charge in [-0.2, -0.15) is 6.20 Å². The van der Waals surface area contributed by atoms with E-state index in [0.29, 0.717) is 0 Å². The number of aromatic nitrogens is 2. The zero-order valence-electron chi connectivity index (χ0n) is 8.19. The van der Waals surface area contributed by atoms with E-state index in [4.69, 9.17) is 4.74 Å². The number of nitrogens with zero attached hydrogens (tertiary/aromatic N) is 2. The summed E-state index contributed by atoms with van der Waals surface area (Å²) in [6.07, 6.45) is 3.47. The Hall–Kier alpha value is -1.77. The molecular weight excluding hydrogens is 176 g/mol. The summed E-state index contributed by atoms with van der Waals surface area (Å²) in [7, 11) is 1.68. The van der Waals surface area contributed by atoms with Crippen molar-refractivity contribution in [3.8, 4) is 16.9 Å². The maximum absolute atomic E-state index is 5.34. The van der Waals surface area contributed by atoms with Gasteiger partial charge in [0.1, 0.15) is 5.75 Å². The van der Waals surface area contributed by atoms with E-state index >= 15 is 0 Å². The predicted molar refractivity (Wildman–Crippen MR) is 54.3 cm³/mol. The highest BCUT2D eigenvalue weighted by molar-refractivity contribution is 5.70. The molecule has 72 valence electrons. The zero-order valence-corrected chi connectivity index (χ0v) is 8.19. The normalized spacial score (nSPS) is 10.1. The Morgan fingerprint density at radius 3 is 2.86 bits per heavy atom. The molecule has 0 unspecified atom stereocenters. The molecule has 0 amide bonds. The fraction of sp³-hybridized carbons (Fsp3) is 0.182. The van der Waals surface area contributed by atoms with Crippen LogP contribution in [0.3, 0.4) is 0 Å². The minimum Gasteiger partial charge on any atom is -0.581 e. The van der Waals surface area contributed by atoms with Crippen LogP contribution in [0.25, 0.3) is 11.1 Å². The lowest BCUT2D eigenvalue weighted by Crippen LogP contribution is -1.89. The van der Waals surface area contributed by atoms with Crippen LogP contribution in [0.15, 0.2) is 30.6 Å². The molecule has 0 aliphatic heterocycles. The molecule has 2 aromatic rings. The summed E-state index contributed by atoms with van der Waals surface area (Å²) in [5.74, 6) is 0.891. The van der Waals surface area contributed by atoms with Gasteiger partial charge in [0.25, 0.3) is 0 Å². The van der Waals surface area contributed by atoms with Gasteiger partial charge < -0.3 is 14.9 Å². The van der Waals surface area contributed by atoms with Crippen molar-refractivity contribution in [3.63, 3.8) is 0 Å². The SMILES string of the molecule is COc1c(C)cccc1-c1cn[n-]c1. The smallest absolute Gasteiger partial charge is 0.129 e. The first-order valence-corrected chi connectivity index (χ1v) is 4.40. The maximum atomic E-state index is 5.34. The van der Waals surface area contributed by atoms with Gasteiger partial charge in [0.2, 0.25) is 0 Å². The van der Waals surface area contributed by atoms with E-state index in [2.05, 4.69) is 10.2 Å². The van der Waals surface area contributed by atoms with Gasteiger partial charge in [-0.3, -0.25) is 0 Å². The molecule has 3 nitrogen and oxygen atoms in total. The van der Waals surface area contributed by atoms with Crippen LogP contribution in [0, 0.1) is 6.92 Å². The van der Waals surface area contributed by atoms with Crippen LogP contribution >= 0.6 is 0 Å². The summed E-state index contributed by atoms with van der Waals surface area (Å²) in [4.78, 5) is 0. The molecule has 0 bridgehead atoms. The number of para-hydroxylation sites is 1. The van der Waals surface area contributed by atoms with Gasteiger partial charge in [-0.25, -0.2) is 0 Å². The van der Waals surface area contributed by atoms with Crippen LogP contribution in [-0.4, -0.2) is 12.2 Å². The number of hydrogen-bond acceptors (Lipinski definition) is 2. The molecule has 0 fully saturated rings. The second-order valence-electron chi connectivity index (χ2n) is 3.10. The minimum atomic E-state index is 0.891. The van der Waals surface area contributed by atoms with Crippen molar-refractivity contribution in [2.45, 2.75) is 6.92 Å². The summed E-state index contributed by atoms with van der Waals surface area (Å²) in [6, 6.07) is 6.02. The van der Waals surface area contributed by atoms with E-state index in [1.807, 2.05) is 25.1 Å². The first-order chi connectivity index (χ1) is 6.83. The van der Waals surface area contributed by atoms with E-state index in [0.717, 1.165) is 22.4 Å². The molecule has 0 aliphatic carbocycles. The van der Waals surface area contributed by atoms with Crippen molar-refractivity contribution in [2.75, 3.05) is 7.11 Å². The molecule has 0 radical (unpaired) electrons. The molecule has 0 aliphatic rings. The third-order valence-corrected chi connectivity index (χ3v) is 2.19. The summed E-state index contributed by atoms with van der Waals surface area (Å²) in [6.45, 7) is 2.02. The number of aryl methyl sites for hydroxylation is 1. The van der Waals surface area contributed by atoms with Crippen LogP contribution in [-0.2, 0) is 0 Å². The van der Waals surface area contributed by atoms with Gasteiger partial charge in [0.15, 0.2) is 0 Å². The quantitative estimate of drug-likeness (QED) is 0.721. The first kappa shape index (κ1) is 8.81. The second-order valence-corrected chi connectivity index (χ2v) is 3.10. The lowest BCUT2D eigenvalue weighted by molar-refractivity contribution is 0.413. The Morgan fingerprint density at radius 1 is 1.36 bits per heavy atom. The third kappa shape index (κ3) is 1.37. The van der Waals surface area contributed by atoms with Gasteiger partial charge >= 0.3 is 0 Å². The Balaban J connectivity index is 2.58. The highest BCUT2D eigenvalue weighted by Gasteiger charge is 2.05. The third-order valence-electron chi connectivity index (χ3n) is 2.19. The molecule has 2 rings (SSSR count). The van der Waals surface area contributed by atoms with Crippen LogP contribution in [0.5, 0.6) is 5.75 Å². The number of benzene rings is 1. The van der Waals surface area contributed by atoms with Gasteiger partial charge in [-0.15, -0.1) is 0 Å². The van der Waals surface area contributed by atoms with Crippen LogP contribution in [0.4, 0.5) is 0 Å². The monoisotopic (exact) mass is 187 g/mol. The summed E-state index contributed by atoms with van der Waals surface area (Å²) < 4.78 is 5.34. The molecule has 14 heavy (non-hydrogen) atoms. The van der Waals surface area contributed by atoms with Gasteiger partial charge in [-0.1, -0.05) is 18.2 Å². The predicted octanol–water partition coefficient (Wildman–Crippen LogP) is 2.02. The van der Waals surface area contributed by atoms with E-state index in [1.54, 1.807) is 19.5 Å². The standard InChI is InChI=1S/C11H11N2O/c1-8-4-3-5-10(11(8)14-2)9-6-12-13-7-9/h3-7H,1-2H3/q-1. The molecule has 1 aromatic carbocycles. The van der Waals surface area contributed by atoms with E-state index in [9.17, 15) is 0 Å². The Kier molecular flexibility index (Phi) is 2.23. The maximum Gasteiger partial charge on any atom is 0.129 e. The molecule has 0 saturated carbocycles. The van der Waals surface area contributed by atoms with Crippen molar-refractivity contribution in [2.24, 2.45) is 0 Å².